The van der Waals surface area contributed by atoms with E-state index in [1.54, 1.807) is 0 Å². The molecule has 0 aromatic carbocycles. The summed E-state index contributed by atoms with van der Waals surface area (Å²) in [6, 6.07) is -2.06. The molecule has 3 unspecified atom stereocenters. The number of aliphatic hydroxyl groups is 2. The van der Waals surface area contributed by atoms with Crippen LogP contribution in [0.4, 0.5) is 0 Å². The van der Waals surface area contributed by atoms with Crippen LogP contribution in [0.5, 0.6) is 0 Å². The number of carbonyl (C=O) groups is 3. The zero-order valence-corrected chi connectivity index (χ0v) is 13.0. The molecule has 9 nitrogen and oxygen atoms in total. The van der Waals surface area contributed by atoms with E-state index in [0.29, 0.717) is 17.1 Å². The Morgan fingerprint density at radius 2 is 1.67 bits per heavy atom. The van der Waals surface area contributed by atoms with Crippen LogP contribution in [0.25, 0.3) is 0 Å². The molecule has 21 heavy (non-hydrogen) atoms. The van der Waals surface area contributed by atoms with Crippen molar-refractivity contribution < 1.29 is 34.8 Å². The minimum atomic E-state index is -1.65. The summed E-state index contributed by atoms with van der Waals surface area (Å²) in [6.07, 6.45) is -1.16. The molecule has 0 spiro atoms. The zero-order chi connectivity index (χ0) is 16.4. The number of carbonyl (C=O) groups excluding carboxylic acids is 1. The molecule has 0 aliphatic rings. The third kappa shape index (κ3) is 8.63. The van der Waals surface area contributed by atoms with Gasteiger partial charge < -0.3 is 0 Å². The average Bonchev–Trinajstić information content (AvgIpc) is 2.43. The topological polar surface area (TPSA) is 170 Å². The van der Waals surface area contributed by atoms with Crippen molar-refractivity contribution in [1.82, 2.24) is 5.32 Å². The van der Waals surface area contributed by atoms with Gasteiger partial charge in [-0.25, -0.2) is 0 Å². The second kappa shape index (κ2) is 10.5. The van der Waals surface area contributed by atoms with Crippen LogP contribution in [-0.4, -0.2) is 78.0 Å². The molecule has 10 heteroatoms. The van der Waals surface area contributed by atoms with Crippen LogP contribution >= 0.6 is 0 Å². The van der Waals surface area contributed by atoms with Gasteiger partial charge in [0.25, 0.3) is 0 Å². The predicted molar refractivity (Wildman–Crippen MR) is 72.9 cm³/mol. The summed E-state index contributed by atoms with van der Waals surface area (Å²) in [5.74, 6) is -3.24. The molecular weight excluding hydrogens is 351 g/mol. The van der Waals surface area contributed by atoms with E-state index < -0.39 is 42.6 Å². The van der Waals surface area contributed by atoms with E-state index >= 15 is 0 Å². The molecule has 0 fully saturated rings. The van der Waals surface area contributed by atoms with Crippen LogP contribution in [0.15, 0.2) is 0 Å². The quantitative estimate of drug-likeness (QED) is 0.173. The standard InChI is InChI=1S/C11H20N2O7Se/c12-6(10(17)18)1-3-21-4-2-7(11(19)20)13-9(16)8(15)5-14/h6-8,14-15H,1-5,12H2,(H,13,16)(H,17,18)(H,19,20). The number of nitrogens with two attached hydrogens (primary N) is 1. The Morgan fingerprint density at radius 3 is 2.14 bits per heavy atom. The molecule has 0 aromatic heterocycles. The summed E-state index contributed by atoms with van der Waals surface area (Å²) in [5, 5.41) is 38.4. The first-order valence-electron chi connectivity index (χ1n) is 6.17. The molecule has 0 heterocycles. The van der Waals surface area contributed by atoms with E-state index in [2.05, 4.69) is 5.32 Å². The van der Waals surface area contributed by atoms with Crippen molar-refractivity contribution in [3.63, 3.8) is 0 Å². The Hall–Kier alpha value is -1.19. The van der Waals surface area contributed by atoms with Crippen LogP contribution in [-0.2, 0) is 14.4 Å². The first kappa shape index (κ1) is 19.8. The molecule has 0 aliphatic heterocycles. The third-order valence-corrected chi connectivity index (χ3v) is 4.73. The monoisotopic (exact) mass is 372 g/mol. The molecule has 3 atom stereocenters. The summed E-state index contributed by atoms with van der Waals surface area (Å²) < 4.78 is 0. The molecule has 122 valence electrons. The van der Waals surface area contributed by atoms with Gasteiger partial charge in [0.05, 0.1) is 0 Å². The molecule has 0 saturated heterocycles. The fraction of sp³-hybridized carbons (Fsp3) is 0.727. The van der Waals surface area contributed by atoms with Crippen molar-refractivity contribution in [1.29, 1.82) is 0 Å². The van der Waals surface area contributed by atoms with Gasteiger partial charge in [-0.1, -0.05) is 0 Å². The number of aliphatic hydroxyl groups excluding tert-OH is 2. The summed E-state index contributed by atoms with van der Waals surface area (Å²) in [5.41, 5.74) is 5.33. The second-order valence-corrected chi connectivity index (χ2v) is 6.80. The minimum absolute atomic E-state index is 0.0150. The number of hydrogen-bond donors (Lipinski definition) is 6. The maximum absolute atomic E-state index is 11.3. The maximum atomic E-state index is 11.3. The van der Waals surface area contributed by atoms with E-state index in [0.717, 1.165) is 0 Å². The van der Waals surface area contributed by atoms with Crippen molar-refractivity contribution in [2.75, 3.05) is 6.61 Å². The summed E-state index contributed by atoms with van der Waals surface area (Å²) in [6.45, 7) is -0.783. The van der Waals surface area contributed by atoms with Gasteiger partial charge in [-0.15, -0.1) is 0 Å². The first-order valence-corrected chi connectivity index (χ1v) is 8.60. The number of amides is 1. The number of carboxylic acids is 2. The summed E-state index contributed by atoms with van der Waals surface area (Å²) >= 11 is 0.0150. The normalized spacial score (nSPS) is 15.0. The number of aliphatic carboxylic acids is 2. The van der Waals surface area contributed by atoms with Crippen molar-refractivity contribution in [2.45, 2.75) is 41.7 Å². The van der Waals surface area contributed by atoms with Gasteiger partial charge in [-0.2, -0.15) is 0 Å². The molecule has 0 rings (SSSR count). The predicted octanol–water partition coefficient (Wildman–Crippen LogP) is -2.36. The zero-order valence-electron chi connectivity index (χ0n) is 11.3. The van der Waals surface area contributed by atoms with Gasteiger partial charge in [0.15, 0.2) is 0 Å². The molecule has 1 amide bonds. The van der Waals surface area contributed by atoms with Crippen molar-refractivity contribution in [3.8, 4) is 0 Å². The molecule has 0 bridgehead atoms. The number of carboxylic acid groups (broad SMARTS) is 2. The SMILES string of the molecule is NC(CC[Se]CCC(NC(=O)C(O)CO)C(=O)O)C(=O)O. The Kier molecular flexibility index (Phi) is 9.93. The fourth-order valence-corrected chi connectivity index (χ4v) is 3.40. The van der Waals surface area contributed by atoms with Crippen molar-refractivity contribution in [2.24, 2.45) is 5.73 Å². The van der Waals surface area contributed by atoms with Gasteiger partial charge in [0, 0.05) is 0 Å². The van der Waals surface area contributed by atoms with E-state index in [-0.39, 0.29) is 21.4 Å². The van der Waals surface area contributed by atoms with Crippen molar-refractivity contribution >= 4 is 32.8 Å². The fourth-order valence-electron chi connectivity index (χ4n) is 1.25. The van der Waals surface area contributed by atoms with Crippen LogP contribution in [0.3, 0.4) is 0 Å². The third-order valence-electron chi connectivity index (χ3n) is 2.53. The van der Waals surface area contributed by atoms with Crippen LogP contribution < -0.4 is 11.1 Å². The molecule has 7 N–H and O–H groups in total. The van der Waals surface area contributed by atoms with Gasteiger partial charge >= 0.3 is 127 Å². The Labute approximate surface area is 127 Å². The van der Waals surface area contributed by atoms with Crippen LogP contribution in [0, 0.1) is 0 Å². The van der Waals surface area contributed by atoms with Crippen LogP contribution in [0.1, 0.15) is 12.8 Å². The van der Waals surface area contributed by atoms with Gasteiger partial charge in [-0.05, 0) is 0 Å². The molecule has 0 aromatic rings. The summed E-state index contributed by atoms with van der Waals surface area (Å²) in [4.78, 5) is 32.7. The molecule has 0 radical (unpaired) electrons. The van der Waals surface area contributed by atoms with E-state index in [1.165, 1.54) is 0 Å². The van der Waals surface area contributed by atoms with Crippen LogP contribution in [0.2, 0.25) is 10.6 Å². The average molecular weight is 371 g/mol. The summed E-state index contributed by atoms with van der Waals surface area (Å²) in [7, 11) is 0. The number of nitrogens with one attached hydrogen (secondary N) is 1. The van der Waals surface area contributed by atoms with Gasteiger partial charge in [0.1, 0.15) is 0 Å². The Morgan fingerprint density at radius 1 is 1.10 bits per heavy atom. The Balaban J connectivity index is 4.04. The van der Waals surface area contributed by atoms with Crippen molar-refractivity contribution in [3.05, 3.63) is 0 Å². The number of rotatable bonds is 11. The second-order valence-electron chi connectivity index (χ2n) is 4.23. The number of hydrogen-bond acceptors (Lipinski definition) is 6. The first-order chi connectivity index (χ1) is 9.79. The van der Waals surface area contributed by atoms with Gasteiger partial charge in [-0.3, -0.25) is 0 Å². The molecule has 0 saturated carbocycles. The molecular formula is C11H20N2O7Se. The van der Waals surface area contributed by atoms with E-state index in [4.69, 9.17) is 26.2 Å². The van der Waals surface area contributed by atoms with E-state index in [9.17, 15) is 14.4 Å². The van der Waals surface area contributed by atoms with Gasteiger partial charge in [0.2, 0.25) is 0 Å². The molecule has 0 aliphatic carbocycles. The Bertz CT molecular complexity index is 366. The van der Waals surface area contributed by atoms with E-state index in [1.807, 2.05) is 0 Å².